The van der Waals surface area contributed by atoms with Crippen molar-refractivity contribution >= 4 is 11.9 Å². The van der Waals surface area contributed by atoms with Gasteiger partial charge in [0, 0.05) is 18.0 Å². The standard InChI is InChI=1S/C14H24N2O3/c1-3-19-13(17)9-16(12-4-5-12)14(18)11-6-7-15-10(2)8-11/h10-12,15H,3-9H2,1-2H3. The number of rotatable bonds is 5. The van der Waals surface area contributed by atoms with Crippen LogP contribution in [0.1, 0.15) is 39.5 Å². The molecule has 1 saturated heterocycles. The molecule has 0 aromatic carbocycles. The molecule has 2 unspecified atom stereocenters. The molecule has 2 rings (SSSR count). The molecular weight excluding hydrogens is 244 g/mol. The average molecular weight is 268 g/mol. The summed E-state index contributed by atoms with van der Waals surface area (Å²) in [5, 5.41) is 3.35. The van der Waals surface area contributed by atoms with E-state index in [0.29, 0.717) is 12.6 Å². The zero-order valence-electron chi connectivity index (χ0n) is 11.9. The number of hydrogen-bond donors (Lipinski definition) is 1. The molecule has 0 aromatic rings. The van der Waals surface area contributed by atoms with E-state index in [2.05, 4.69) is 12.2 Å². The summed E-state index contributed by atoms with van der Waals surface area (Å²) in [5.74, 6) is -0.0834. The Bertz CT molecular complexity index is 342. The fourth-order valence-electron chi connectivity index (χ4n) is 2.71. The normalized spacial score (nSPS) is 26.8. The monoisotopic (exact) mass is 268 g/mol. The van der Waals surface area contributed by atoms with Crippen molar-refractivity contribution in [3.8, 4) is 0 Å². The zero-order chi connectivity index (χ0) is 13.8. The minimum atomic E-state index is -0.287. The Labute approximate surface area is 114 Å². The molecule has 1 N–H and O–H groups in total. The minimum Gasteiger partial charge on any atom is -0.465 e. The number of nitrogens with zero attached hydrogens (tertiary/aromatic N) is 1. The Kier molecular flexibility index (Phi) is 4.80. The van der Waals surface area contributed by atoms with Gasteiger partial charge in [-0.05, 0) is 46.1 Å². The molecule has 0 aromatic heterocycles. The highest BCUT2D eigenvalue weighted by Crippen LogP contribution is 2.30. The van der Waals surface area contributed by atoms with Crippen molar-refractivity contribution in [1.29, 1.82) is 0 Å². The van der Waals surface area contributed by atoms with Gasteiger partial charge in [0.25, 0.3) is 0 Å². The molecule has 1 aliphatic carbocycles. The third-order valence-corrected chi connectivity index (χ3v) is 3.85. The molecule has 2 fully saturated rings. The molecule has 2 aliphatic rings. The largest absolute Gasteiger partial charge is 0.465 e. The third-order valence-electron chi connectivity index (χ3n) is 3.85. The molecule has 0 bridgehead atoms. The molecule has 1 aliphatic heterocycles. The van der Waals surface area contributed by atoms with Gasteiger partial charge in [-0.2, -0.15) is 0 Å². The van der Waals surface area contributed by atoms with E-state index in [4.69, 9.17) is 4.74 Å². The van der Waals surface area contributed by atoms with Gasteiger partial charge in [0.05, 0.1) is 6.61 Å². The van der Waals surface area contributed by atoms with E-state index in [-0.39, 0.29) is 30.4 Å². The maximum atomic E-state index is 12.6. The van der Waals surface area contributed by atoms with Crippen molar-refractivity contribution in [3.63, 3.8) is 0 Å². The second-order valence-electron chi connectivity index (χ2n) is 5.58. The van der Waals surface area contributed by atoms with Crippen molar-refractivity contribution in [2.24, 2.45) is 5.92 Å². The van der Waals surface area contributed by atoms with Gasteiger partial charge in [-0.25, -0.2) is 0 Å². The summed E-state index contributed by atoms with van der Waals surface area (Å²) in [4.78, 5) is 25.9. The SMILES string of the molecule is CCOC(=O)CN(C(=O)C1CCNC(C)C1)C1CC1. The van der Waals surface area contributed by atoms with Gasteiger partial charge in [-0.1, -0.05) is 0 Å². The van der Waals surface area contributed by atoms with Crippen molar-refractivity contribution in [3.05, 3.63) is 0 Å². The maximum Gasteiger partial charge on any atom is 0.325 e. The zero-order valence-corrected chi connectivity index (χ0v) is 11.9. The highest BCUT2D eigenvalue weighted by atomic mass is 16.5. The number of carbonyl (C=O) groups excluding carboxylic acids is 2. The molecular formula is C14H24N2O3. The number of amides is 1. The van der Waals surface area contributed by atoms with Gasteiger partial charge >= 0.3 is 5.97 Å². The molecule has 5 nitrogen and oxygen atoms in total. The maximum absolute atomic E-state index is 12.6. The number of esters is 1. The Hall–Kier alpha value is -1.10. The van der Waals surface area contributed by atoms with Crippen LogP contribution in [0.4, 0.5) is 0 Å². The lowest BCUT2D eigenvalue weighted by Gasteiger charge is -2.31. The van der Waals surface area contributed by atoms with Crippen molar-refractivity contribution < 1.29 is 14.3 Å². The van der Waals surface area contributed by atoms with E-state index in [1.165, 1.54) is 0 Å². The molecule has 1 heterocycles. The molecule has 108 valence electrons. The predicted molar refractivity (Wildman–Crippen MR) is 71.6 cm³/mol. The lowest BCUT2D eigenvalue weighted by molar-refractivity contribution is -0.151. The number of piperidine rings is 1. The number of nitrogens with one attached hydrogen (secondary N) is 1. The van der Waals surface area contributed by atoms with Gasteiger partial charge < -0.3 is 15.0 Å². The van der Waals surface area contributed by atoms with E-state index >= 15 is 0 Å². The van der Waals surface area contributed by atoms with E-state index in [1.807, 2.05) is 0 Å². The molecule has 0 radical (unpaired) electrons. The van der Waals surface area contributed by atoms with Crippen LogP contribution in [-0.4, -0.2) is 48.6 Å². The van der Waals surface area contributed by atoms with Gasteiger partial charge in [-0.15, -0.1) is 0 Å². The molecule has 1 amide bonds. The number of ether oxygens (including phenoxy) is 1. The number of hydrogen-bond acceptors (Lipinski definition) is 4. The van der Waals surface area contributed by atoms with Crippen LogP contribution in [0, 0.1) is 5.92 Å². The smallest absolute Gasteiger partial charge is 0.325 e. The molecule has 1 saturated carbocycles. The van der Waals surface area contributed by atoms with Crippen molar-refractivity contribution in [1.82, 2.24) is 10.2 Å². The van der Waals surface area contributed by atoms with Crippen LogP contribution in [0.3, 0.4) is 0 Å². The van der Waals surface area contributed by atoms with Crippen LogP contribution in [0.25, 0.3) is 0 Å². The first kappa shape index (κ1) is 14.3. The summed E-state index contributed by atoms with van der Waals surface area (Å²) in [6.07, 6.45) is 3.78. The quantitative estimate of drug-likeness (QED) is 0.754. The topological polar surface area (TPSA) is 58.6 Å². The van der Waals surface area contributed by atoms with Crippen LogP contribution in [0.15, 0.2) is 0 Å². The first-order chi connectivity index (χ1) is 9.11. The Morgan fingerprint density at radius 3 is 2.63 bits per heavy atom. The molecule has 0 spiro atoms. The lowest BCUT2D eigenvalue weighted by Crippen LogP contribution is -2.46. The third kappa shape index (κ3) is 3.93. The van der Waals surface area contributed by atoms with Gasteiger partial charge in [0.15, 0.2) is 0 Å². The predicted octanol–water partition coefficient (Wildman–Crippen LogP) is 0.929. The summed E-state index contributed by atoms with van der Waals surface area (Å²) >= 11 is 0. The first-order valence-corrected chi connectivity index (χ1v) is 7.31. The lowest BCUT2D eigenvalue weighted by atomic mass is 9.92. The van der Waals surface area contributed by atoms with Crippen LogP contribution >= 0.6 is 0 Å². The van der Waals surface area contributed by atoms with E-state index in [1.54, 1.807) is 11.8 Å². The summed E-state index contributed by atoms with van der Waals surface area (Å²) in [6.45, 7) is 5.27. The van der Waals surface area contributed by atoms with E-state index in [9.17, 15) is 9.59 Å². The number of carbonyl (C=O) groups is 2. The fraction of sp³-hybridized carbons (Fsp3) is 0.857. The van der Waals surface area contributed by atoms with Crippen LogP contribution in [-0.2, 0) is 14.3 Å². The average Bonchev–Trinajstić information content (AvgIpc) is 3.20. The highest BCUT2D eigenvalue weighted by Gasteiger charge is 2.38. The Morgan fingerprint density at radius 2 is 2.05 bits per heavy atom. The molecule has 5 heteroatoms. The van der Waals surface area contributed by atoms with Gasteiger partial charge in [0.1, 0.15) is 6.54 Å². The van der Waals surface area contributed by atoms with Crippen LogP contribution in [0.2, 0.25) is 0 Å². The summed E-state index contributed by atoms with van der Waals surface area (Å²) in [5.41, 5.74) is 0. The second kappa shape index (κ2) is 6.37. The van der Waals surface area contributed by atoms with E-state index in [0.717, 1.165) is 32.2 Å². The minimum absolute atomic E-state index is 0.0614. The van der Waals surface area contributed by atoms with E-state index < -0.39 is 0 Å². The highest BCUT2D eigenvalue weighted by molar-refractivity contribution is 5.84. The van der Waals surface area contributed by atoms with Crippen LogP contribution in [0.5, 0.6) is 0 Å². The summed E-state index contributed by atoms with van der Waals surface area (Å²) in [7, 11) is 0. The molecule has 2 atom stereocenters. The summed E-state index contributed by atoms with van der Waals surface area (Å²) in [6, 6.07) is 0.647. The Balaban J connectivity index is 1.94. The molecule has 19 heavy (non-hydrogen) atoms. The second-order valence-corrected chi connectivity index (χ2v) is 5.58. The fourth-order valence-corrected chi connectivity index (χ4v) is 2.71. The van der Waals surface area contributed by atoms with Crippen molar-refractivity contribution in [2.45, 2.75) is 51.6 Å². The van der Waals surface area contributed by atoms with Crippen molar-refractivity contribution in [2.75, 3.05) is 19.7 Å². The Morgan fingerprint density at radius 1 is 1.32 bits per heavy atom. The van der Waals surface area contributed by atoms with Gasteiger partial charge in [-0.3, -0.25) is 9.59 Å². The van der Waals surface area contributed by atoms with Crippen LogP contribution < -0.4 is 5.32 Å². The van der Waals surface area contributed by atoms with Gasteiger partial charge in [0.2, 0.25) is 5.91 Å². The summed E-state index contributed by atoms with van der Waals surface area (Å²) < 4.78 is 4.96. The first-order valence-electron chi connectivity index (χ1n) is 7.31.